The van der Waals surface area contributed by atoms with Crippen molar-refractivity contribution < 1.29 is 4.79 Å². The van der Waals surface area contributed by atoms with Gasteiger partial charge in [0.05, 0.1) is 10.2 Å². The van der Waals surface area contributed by atoms with Crippen LogP contribution in [-0.2, 0) is 0 Å². The van der Waals surface area contributed by atoms with Gasteiger partial charge in [-0.1, -0.05) is 29.5 Å². The Hall–Kier alpha value is -3.06. The number of fused-ring (bicyclic) bond motifs is 2. The molecule has 0 saturated heterocycles. The van der Waals surface area contributed by atoms with Crippen LogP contribution in [0.1, 0.15) is 10.4 Å². The van der Waals surface area contributed by atoms with Gasteiger partial charge in [-0.15, -0.1) is 0 Å². The second kappa shape index (κ2) is 5.29. The summed E-state index contributed by atoms with van der Waals surface area (Å²) in [7, 11) is 0. The third-order valence-electron chi connectivity index (χ3n) is 3.37. The molecule has 0 aliphatic carbocycles. The van der Waals surface area contributed by atoms with Crippen LogP contribution in [-0.4, -0.2) is 20.3 Å². The quantitative estimate of drug-likeness (QED) is 0.615. The van der Waals surface area contributed by atoms with Crippen molar-refractivity contribution in [2.45, 2.75) is 0 Å². The second-order valence-electron chi connectivity index (χ2n) is 4.85. The fraction of sp³-hybridized carbons (Fsp3) is 0. The Labute approximate surface area is 134 Å². The highest BCUT2D eigenvalue weighted by Crippen LogP contribution is 2.25. The summed E-state index contributed by atoms with van der Waals surface area (Å²) >= 11 is 1.36. The highest BCUT2D eigenvalue weighted by atomic mass is 32.1. The fourth-order valence-electron chi connectivity index (χ4n) is 2.27. The number of anilines is 1. The van der Waals surface area contributed by atoms with Gasteiger partial charge in [-0.2, -0.15) is 0 Å². The van der Waals surface area contributed by atoms with Crippen LogP contribution >= 0.6 is 11.3 Å². The van der Waals surface area contributed by atoms with Gasteiger partial charge in [0.2, 0.25) is 0 Å². The Morgan fingerprint density at radius 2 is 1.96 bits per heavy atom. The van der Waals surface area contributed by atoms with Crippen LogP contribution in [0.5, 0.6) is 0 Å². The second-order valence-corrected chi connectivity index (χ2v) is 5.88. The van der Waals surface area contributed by atoms with Gasteiger partial charge in [-0.3, -0.25) is 19.3 Å². The highest BCUT2D eigenvalue weighted by molar-refractivity contribution is 7.22. The molecule has 1 aromatic carbocycles. The number of pyridine rings is 1. The van der Waals surface area contributed by atoms with Gasteiger partial charge in [-0.25, -0.2) is 9.97 Å². The van der Waals surface area contributed by atoms with E-state index in [0.717, 1.165) is 10.2 Å². The number of carbonyl (C=O) groups is 1. The molecule has 0 unspecified atom stereocenters. The third kappa shape index (κ3) is 2.36. The SMILES string of the molecule is O=C(Nc1nc2ccccc2s1)c1cnc2ccccn2c1=O. The molecule has 6 nitrogen and oxygen atoms in total. The van der Waals surface area contributed by atoms with E-state index in [4.69, 9.17) is 0 Å². The molecule has 1 amide bonds. The van der Waals surface area contributed by atoms with Gasteiger partial charge < -0.3 is 0 Å². The molecule has 112 valence electrons. The van der Waals surface area contributed by atoms with Gasteiger partial charge in [0, 0.05) is 12.4 Å². The minimum Gasteiger partial charge on any atom is -0.298 e. The van der Waals surface area contributed by atoms with E-state index >= 15 is 0 Å². The Bertz CT molecular complexity index is 1070. The summed E-state index contributed by atoms with van der Waals surface area (Å²) in [6, 6.07) is 12.8. The van der Waals surface area contributed by atoms with Crippen molar-refractivity contribution in [3.63, 3.8) is 0 Å². The zero-order chi connectivity index (χ0) is 15.8. The topological polar surface area (TPSA) is 76.4 Å². The summed E-state index contributed by atoms with van der Waals surface area (Å²) in [5.74, 6) is -0.514. The first kappa shape index (κ1) is 13.6. The Kier molecular flexibility index (Phi) is 3.13. The van der Waals surface area contributed by atoms with Crippen LogP contribution in [0.2, 0.25) is 0 Å². The number of para-hydroxylation sites is 1. The van der Waals surface area contributed by atoms with Gasteiger partial charge >= 0.3 is 0 Å². The molecule has 7 heteroatoms. The molecule has 0 aliphatic heterocycles. The van der Waals surface area contributed by atoms with Crippen LogP contribution in [0.3, 0.4) is 0 Å². The number of nitrogens with one attached hydrogen (secondary N) is 1. The van der Waals surface area contributed by atoms with Crippen LogP contribution in [0.4, 0.5) is 5.13 Å². The van der Waals surface area contributed by atoms with Crippen molar-refractivity contribution in [1.29, 1.82) is 0 Å². The number of hydrogen-bond acceptors (Lipinski definition) is 5. The van der Waals surface area contributed by atoms with Crippen molar-refractivity contribution in [1.82, 2.24) is 14.4 Å². The minimum absolute atomic E-state index is 0.0204. The van der Waals surface area contributed by atoms with E-state index in [0.29, 0.717) is 10.8 Å². The number of rotatable bonds is 2. The van der Waals surface area contributed by atoms with Crippen molar-refractivity contribution in [3.8, 4) is 0 Å². The first-order valence-corrected chi connectivity index (χ1v) is 7.67. The maximum Gasteiger partial charge on any atom is 0.270 e. The van der Waals surface area contributed by atoms with Crippen LogP contribution < -0.4 is 10.9 Å². The summed E-state index contributed by atoms with van der Waals surface area (Å²) in [4.78, 5) is 33.2. The lowest BCUT2D eigenvalue weighted by atomic mass is 10.3. The van der Waals surface area contributed by atoms with Gasteiger partial charge in [0.25, 0.3) is 11.5 Å². The standard InChI is InChI=1S/C16H10N4O2S/c21-14(19-16-18-11-5-1-2-6-12(11)23-16)10-9-17-13-7-3-4-8-20(13)15(10)22/h1-9H,(H,18,19,21). The Balaban J connectivity index is 1.71. The van der Waals surface area contributed by atoms with Crippen molar-refractivity contribution in [2.75, 3.05) is 5.32 Å². The molecule has 4 aromatic rings. The maximum atomic E-state index is 12.4. The van der Waals surface area contributed by atoms with E-state index in [1.54, 1.807) is 24.4 Å². The number of carbonyl (C=O) groups excluding carboxylic acids is 1. The summed E-state index contributed by atoms with van der Waals surface area (Å²) in [6.45, 7) is 0. The average molecular weight is 322 g/mol. The summed E-state index contributed by atoms with van der Waals surface area (Å²) in [6.07, 6.45) is 2.87. The van der Waals surface area contributed by atoms with Crippen molar-refractivity contribution >= 4 is 38.2 Å². The maximum absolute atomic E-state index is 12.4. The molecule has 0 spiro atoms. The number of hydrogen-bond donors (Lipinski definition) is 1. The number of thiazole rings is 1. The number of benzene rings is 1. The summed E-state index contributed by atoms with van der Waals surface area (Å²) in [5, 5.41) is 3.12. The van der Waals surface area contributed by atoms with Crippen molar-refractivity contribution in [2.24, 2.45) is 0 Å². The molecule has 0 atom stereocenters. The van der Waals surface area contributed by atoms with Gasteiger partial charge in [0.1, 0.15) is 11.2 Å². The van der Waals surface area contributed by atoms with Gasteiger partial charge in [-0.05, 0) is 24.3 Å². The molecule has 3 heterocycles. The molecule has 23 heavy (non-hydrogen) atoms. The van der Waals surface area contributed by atoms with E-state index in [1.165, 1.54) is 21.9 Å². The molecule has 0 fully saturated rings. The monoisotopic (exact) mass is 322 g/mol. The predicted octanol–water partition coefficient (Wildman–Crippen LogP) is 2.56. The number of amides is 1. The van der Waals surface area contributed by atoms with Gasteiger partial charge in [0.15, 0.2) is 5.13 Å². The smallest absolute Gasteiger partial charge is 0.270 e. The Morgan fingerprint density at radius 3 is 2.83 bits per heavy atom. The fourth-order valence-corrected chi connectivity index (χ4v) is 3.13. The molecule has 1 N–H and O–H groups in total. The zero-order valence-electron chi connectivity index (χ0n) is 11.8. The lowest BCUT2D eigenvalue weighted by Gasteiger charge is -2.03. The first-order chi connectivity index (χ1) is 11.2. The van der Waals surface area contributed by atoms with Crippen LogP contribution in [0.15, 0.2) is 59.7 Å². The van der Waals surface area contributed by atoms with E-state index in [1.807, 2.05) is 24.3 Å². The molecule has 3 aromatic heterocycles. The summed E-state index contributed by atoms with van der Waals surface area (Å²) < 4.78 is 2.31. The Morgan fingerprint density at radius 1 is 1.13 bits per heavy atom. The minimum atomic E-state index is -0.514. The third-order valence-corrected chi connectivity index (χ3v) is 4.32. The normalized spacial score (nSPS) is 11.0. The zero-order valence-corrected chi connectivity index (χ0v) is 12.6. The molecular formula is C16H10N4O2S. The van der Waals surface area contributed by atoms with E-state index in [2.05, 4.69) is 15.3 Å². The lowest BCUT2D eigenvalue weighted by Crippen LogP contribution is -2.26. The molecule has 0 aliphatic rings. The predicted molar refractivity (Wildman–Crippen MR) is 89.0 cm³/mol. The largest absolute Gasteiger partial charge is 0.298 e. The molecular weight excluding hydrogens is 312 g/mol. The number of nitrogens with zero attached hydrogens (tertiary/aromatic N) is 3. The van der Waals surface area contributed by atoms with E-state index in [9.17, 15) is 9.59 Å². The van der Waals surface area contributed by atoms with Crippen LogP contribution in [0, 0.1) is 0 Å². The van der Waals surface area contributed by atoms with E-state index < -0.39 is 11.5 Å². The van der Waals surface area contributed by atoms with E-state index in [-0.39, 0.29) is 5.56 Å². The molecule has 0 bridgehead atoms. The van der Waals surface area contributed by atoms with Crippen molar-refractivity contribution in [3.05, 3.63) is 70.8 Å². The number of aromatic nitrogens is 3. The first-order valence-electron chi connectivity index (χ1n) is 6.86. The average Bonchev–Trinajstić information content (AvgIpc) is 2.97. The molecule has 0 saturated carbocycles. The summed E-state index contributed by atoms with van der Waals surface area (Å²) in [5.41, 5.74) is 0.873. The highest BCUT2D eigenvalue weighted by Gasteiger charge is 2.15. The van der Waals surface area contributed by atoms with Crippen LogP contribution in [0.25, 0.3) is 15.9 Å². The molecule has 0 radical (unpaired) electrons. The lowest BCUT2D eigenvalue weighted by molar-refractivity contribution is 0.102. The molecule has 4 rings (SSSR count).